The maximum absolute atomic E-state index is 14.6. The summed E-state index contributed by atoms with van der Waals surface area (Å²) in [5.41, 5.74) is 6.07. The Labute approximate surface area is 232 Å². The smallest absolute Gasteiger partial charge is 0.398 e. The molecule has 2 aromatic carbocycles. The minimum atomic E-state index is -4.80. The van der Waals surface area contributed by atoms with Gasteiger partial charge in [0, 0.05) is 40.6 Å². The van der Waals surface area contributed by atoms with Crippen LogP contribution in [0.5, 0.6) is 5.75 Å². The van der Waals surface area contributed by atoms with Crippen molar-refractivity contribution in [3.63, 3.8) is 0 Å². The minimum absolute atomic E-state index is 0.00745. The number of hydrogen-bond donors (Lipinski definition) is 2. The van der Waals surface area contributed by atoms with Crippen LogP contribution in [0.3, 0.4) is 0 Å². The summed E-state index contributed by atoms with van der Waals surface area (Å²) in [4.78, 5) is 33.7. The van der Waals surface area contributed by atoms with Crippen LogP contribution in [0.25, 0.3) is 22.2 Å². The lowest BCUT2D eigenvalue weighted by Crippen LogP contribution is -2.36. The monoisotopic (exact) mass is 566 g/mol. The molecule has 11 heteroatoms. The Morgan fingerprint density at radius 2 is 1.80 bits per heavy atom. The average Bonchev–Trinajstić information content (AvgIpc) is 3.22. The number of carbonyl (C=O) groups excluding carboxylic acids is 2. The lowest BCUT2D eigenvalue weighted by molar-refractivity contribution is -0.149. The van der Waals surface area contributed by atoms with E-state index in [1.54, 1.807) is 38.1 Å². The van der Waals surface area contributed by atoms with E-state index in [9.17, 15) is 27.2 Å². The summed E-state index contributed by atoms with van der Waals surface area (Å²) >= 11 is 0. The Morgan fingerprint density at radius 3 is 2.49 bits per heavy atom. The number of hydrogen-bond acceptors (Lipinski definition) is 5. The molecule has 0 unspecified atom stereocenters. The fourth-order valence-corrected chi connectivity index (χ4v) is 5.14. The molecule has 41 heavy (non-hydrogen) atoms. The zero-order valence-corrected chi connectivity index (χ0v) is 22.2. The predicted molar refractivity (Wildman–Crippen MR) is 144 cm³/mol. The van der Waals surface area contributed by atoms with E-state index in [1.165, 1.54) is 24.3 Å². The molecule has 2 amide bonds. The highest BCUT2D eigenvalue weighted by molar-refractivity contribution is 6.06. The maximum Gasteiger partial charge on any atom is 0.398 e. The van der Waals surface area contributed by atoms with Gasteiger partial charge in [0.15, 0.2) is 0 Å². The van der Waals surface area contributed by atoms with Crippen LogP contribution < -0.4 is 15.8 Å². The molecule has 5 rings (SSSR count). The summed E-state index contributed by atoms with van der Waals surface area (Å²) in [7, 11) is 0. The van der Waals surface area contributed by atoms with Crippen molar-refractivity contribution >= 4 is 22.7 Å². The normalized spacial score (nSPS) is 17.1. The summed E-state index contributed by atoms with van der Waals surface area (Å²) in [6, 6.07) is 14.7. The summed E-state index contributed by atoms with van der Waals surface area (Å²) in [6.07, 6.45) is -4.97. The zero-order valence-electron chi connectivity index (χ0n) is 22.2. The van der Waals surface area contributed by atoms with Gasteiger partial charge in [-0.3, -0.25) is 14.6 Å². The SMILES string of the molecule is Cc1cc(C(=O)NC[C@H](c2cc3c(c(-c4ccc(F)cc4)n2)OC[C@]3(C)CC(N)=O)C(F)(F)F)c2ccccc2n1. The molecule has 0 aliphatic carbocycles. The van der Waals surface area contributed by atoms with Crippen LogP contribution in [0.4, 0.5) is 17.6 Å². The van der Waals surface area contributed by atoms with Crippen LogP contribution in [0.1, 0.15) is 46.6 Å². The number of benzene rings is 2. The molecular formula is C30H26F4N4O3. The van der Waals surface area contributed by atoms with E-state index in [2.05, 4.69) is 15.3 Å². The molecule has 7 nitrogen and oxygen atoms in total. The van der Waals surface area contributed by atoms with E-state index in [0.29, 0.717) is 27.7 Å². The van der Waals surface area contributed by atoms with E-state index in [-0.39, 0.29) is 35.7 Å². The van der Waals surface area contributed by atoms with Gasteiger partial charge in [0.05, 0.1) is 23.4 Å². The maximum atomic E-state index is 14.6. The van der Waals surface area contributed by atoms with Crippen molar-refractivity contribution in [2.24, 2.45) is 5.73 Å². The summed E-state index contributed by atoms with van der Waals surface area (Å²) < 4.78 is 63.2. The van der Waals surface area contributed by atoms with Gasteiger partial charge in [0.1, 0.15) is 23.2 Å². The van der Waals surface area contributed by atoms with Crippen LogP contribution in [-0.2, 0) is 10.2 Å². The number of nitrogens with one attached hydrogen (secondary N) is 1. The van der Waals surface area contributed by atoms with E-state index in [1.807, 2.05) is 0 Å². The Morgan fingerprint density at radius 1 is 1.10 bits per heavy atom. The highest BCUT2D eigenvalue weighted by Gasteiger charge is 2.45. The molecule has 0 radical (unpaired) electrons. The van der Waals surface area contributed by atoms with Gasteiger partial charge in [-0.1, -0.05) is 25.1 Å². The third-order valence-corrected chi connectivity index (χ3v) is 7.17. The molecule has 1 aliphatic heterocycles. The van der Waals surface area contributed by atoms with Gasteiger partial charge in [0.25, 0.3) is 5.91 Å². The van der Waals surface area contributed by atoms with Crippen molar-refractivity contribution in [2.45, 2.75) is 37.8 Å². The molecule has 1 aliphatic rings. The highest BCUT2D eigenvalue weighted by atomic mass is 19.4. The van der Waals surface area contributed by atoms with E-state index in [4.69, 9.17) is 10.5 Å². The third kappa shape index (κ3) is 5.57. The number of para-hydroxylation sites is 1. The van der Waals surface area contributed by atoms with Gasteiger partial charge in [-0.05, 0) is 49.4 Å². The molecular weight excluding hydrogens is 540 g/mol. The number of nitrogens with two attached hydrogens (primary N) is 1. The molecule has 0 bridgehead atoms. The number of alkyl halides is 3. The van der Waals surface area contributed by atoms with E-state index < -0.39 is 41.7 Å². The fourth-order valence-electron chi connectivity index (χ4n) is 5.14. The van der Waals surface area contributed by atoms with Gasteiger partial charge in [-0.2, -0.15) is 13.2 Å². The molecule has 0 fully saturated rings. The van der Waals surface area contributed by atoms with Gasteiger partial charge < -0.3 is 15.8 Å². The largest absolute Gasteiger partial charge is 0.490 e. The Kier molecular flexibility index (Phi) is 7.14. The van der Waals surface area contributed by atoms with Crippen molar-refractivity contribution in [1.29, 1.82) is 0 Å². The second-order valence-corrected chi connectivity index (χ2v) is 10.4. The average molecular weight is 567 g/mol. The molecule has 2 atom stereocenters. The van der Waals surface area contributed by atoms with E-state index in [0.717, 1.165) is 12.1 Å². The number of pyridine rings is 2. The zero-order chi connectivity index (χ0) is 29.5. The first-order valence-electron chi connectivity index (χ1n) is 12.8. The fraction of sp³-hybridized carbons (Fsp3) is 0.267. The summed E-state index contributed by atoms with van der Waals surface area (Å²) in [5.74, 6) is -3.87. The number of amides is 2. The van der Waals surface area contributed by atoms with Gasteiger partial charge in [-0.25, -0.2) is 9.37 Å². The Bertz CT molecular complexity index is 1660. The van der Waals surface area contributed by atoms with Crippen molar-refractivity contribution in [2.75, 3.05) is 13.2 Å². The quantitative estimate of drug-likeness (QED) is 0.294. The first kappa shape index (κ1) is 28.0. The van der Waals surface area contributed by atoms with Crippen LogP contribution >= 0.6 is 0 Å². The van der Waals surface area contributed by atoms with E-state index >= 15 is 0 Å². The highest BCUT2D eigenvalue weighted by Crippen LogP contribution is 2.47. The topological polar surface area (TPSA) is 107 Å². The van der Waals surface area contributed by atoms with Crippen molar-refractivity contribution in [1.82, 2.24) is 15.3 Å². The predicted octanol–water partition coefficient (Wildman–Crippen LogP) is 5.35. The third-order valence-electron chi connectivity index (χ3n) is 7.17. The number of carbonyl (C=O) groups is 2. The summed E-state index contributed by atoms with van der Waals surface area (Å²) in [6.45, 7) is 2.55. The lowest BCUT2D eigenvalue weighted by atomic mass is 9.80. The first-order valence-corrected chi connectivity index (χ1v) is 12.8. The number of fused-ring (bicyclic) bond motifs is 2. The van der Waals surface area contributed by atoms with Gasteiger partial charge in [0.2, 0.25) is 5.91 Å². The molecule has 4 aromatic rings. The molecule has 2 aromatic heterocycles. The lowest BCUT2D eigenvalue weighted by Gasteiger charge is -2.25. The van der Waals surface area contributed by atoms with Crippen LogP contribution in [0, 0.1) is 12.7 Å². The van der Waals surface area contributed by atoms with Gasteiger partial charge in [-0.15, -0.1) is 0 Å². The number of aromatic nitrogens is 2. The van der Waals surface area contributed by atoms with Gasteiger partial charge >= 0.3 is 6.18 Å². The van der Waals surface area contributed by atoms with Crippen LogP contribution in [0.2, 0.25) is 0 Å². The molecule has 3 N–H and O–H groups in total. The molecule has 0 spiro atoms. The Balaban J connectivity index is 1.57. The number of nitrogens with zero attached hydrogens (tertiary/aromatic N) is 2. The molecule has 3 heterocycles. The molecule has 0 saturated carbocycles. The standard InChI is InChI=1S/C30H26F4N4O3/c1-16-11-20(19-5-3-4-6-23(19)37-16)28(40)36-14-22(30(32,33)34)24-12-21-27(41-15-29(21,2)13-25(35)39)26(38-24)17-7-9-18(31)10-8-17/h3-12,22H,13-15H2,1-2H3,(H2,35,39)(H,36,40)/t22-,29+/m1/s1. The molecule has 0 saturated heterocycles. The molecule has 212 valence electrons. The second-order valence-electron chi connectivity index (χ2n) is 10.4. The number of primary amides is 1. The summed E-state index contributed by atoms with van der Waals surface area (Å²) in [5, 5.41) is 2.94. The second kappa shape index (κ2) is 10.5. The number of ether oxygens (including phenoxy) is 1. The van der Waals surface area contributed by atoms with Crippen LogP contribution in [-0.4, -0.2) is 41.1 Å². The number of rotatable bonds is 7. The Hall–Kier alpha value is -4.54. The minimum Gasteiger partial charge on any atom is -0.490 e. The van der Waals surface area contributed by atoms with Crippen LogP contribution in [0.15, 0.2) is 60.7 Å². The number of halogens is 4. The van der Waals surface area contributed by atoms with Crippen molar-refractivity contribution in [3.05, 3.63) is 89.0 Å². The first-order chi connectivity index (χ1) is 19.4. The number of aryl methyl sites for hydroxylation is 1. The van der Waals surface area contributed by atoms with Crippen molar-refractivity contribution in [3.8, 4) is 17.0 Å². The van der Waals surface area contributed by atoms with Crippen molar-refractivity contribution < 1.29 is 31.9 Å².